The van der Waals surface area contributed by atoms with Crippen LogP contribution in [0.1, 0.15) is 37.1 Å². The molecule has 37 heavy (non-hydrogen) atoms. The van der Waals surface area contributed by atoms with E-state index in [1.165, 1.54) is 0 Å². The third kappa shape index (κ3) is 6.45. The molecule has 0 radical (unpaired) electrons. The van der Waals surface area contributed by atoms with Crippen LogP contribution >= 0.6 is 23.2 Å². The van der Waals surface area contributed by atoms with Gasteiger partial charge in [0.1, 0.15) is 5.75 Å². The number of hydrogen-bond acceptors (Lipinski definition) is 3. The van der Waals surface area contributed by atoms with E-state index in [9.17, 15) is 4.79 Å². The summed E-state index contributed by atoms with van der Waals surface area (Å²) in [4.78, 5) is 11.9. The molecule has 1 heterocycles. The molecule has 3 aromatic carbocycles. The molecule has 0 aliphatic carbocycles. The van der Waals surface area contributed by atoms with E-state index >= 15 is 0 Å². The first-order valence-electron chi connectivity index (χ1n) is 12.5. The smallest absolute Gasteiger partial charge is 0.282 e. The molecule has 4 aromatic rings. The molecule has 0 aliphatic rings. The van der Waals surface area contributed by atoms with Crippen LogP contribution in [0.25, 0.3) is 34.0 Å². The van der Waals surface area contributed by atoms with E-state index in [2.05, 4.69) is 50.9 Å². The molecule has 4 rings (SSSR count). The van der Waals surface area contributed by atoms with Crippen molar-refractivity contribution in [2.45, 2.75) is 32.2 Å². The lowest BCUT2D eigenvalue weighted by Gasteiger charge is -2.04. The summed E-state index contributed by atoms with van der Waals surface area (Å²) < 4.78 is 9.75. The number of nitrogens with two attached hydrogens (primary N) is 1. The fourth-order valence-corrected chi connectivity index (χ4v) is 4.87. The highest BCUT2D eigenvalue weighted by Crippen LogP contribution is 2.29. The van der Waals surface area contributed by atoms with Crippen molar-refractivity contribution in [2.24, 2.45) is 12.8 Å². The summed E-state index contributed by atoms with van der Waals surface area (Å²) in [5.74, 6) is 1.95. The van der Waals surface area contributed by atoms with Gasteiger partial charge in [-0.1, -0.05) is 41.4 Å². The van der Waals surface area contributed by atoms with Gasteiger partial charge in [0, 0.05) is 37.7 Å². The van der Waals surface area contributed by atoms with Crippen LogP contribution in [0, 0.1) is 0 Å². The average Bonchev–Trinajstić information content (AvgIpc) is 3.15. The normalized spacial score (nSPS) is 11.6. The van der Waals surface area contributed by atoms with Crippen LogP contribution in [0.4, 0.5) is 0 Å². The van der Waals surface area contributed by atoms with Crippen LogP contribution in [0.5, 0.6) is 5.75 Å². The second-order valence-electron chi connectivity index (χ2n) is 9.08. The van der Waals surface area contributed by atoms with Gasteiger partial charge in [-0.15, -0.1) is 0 Å². The summed E-state index contributed by atoms with van der Waals surface area (Å²) >= 11 is 12.8. The Kier molecular flexibility index (Phi) is 9.09. The maximum Gasteiger partial charge on any atom is 0.282 e. The second kappa shape index (κ2) is 12.5. The fourth-order valence-electron chi connectivity index (χ4n) is 4.55. The van der Waals surface area contributed by atoms with Gasteiger partial charge in [0.15, 0.2) is 11.0 Å². The van der Waals surface area contributed by atoms with Gasteiger partial charge in [-0.2, -0.15) is 0 Å². The van der Waals surface area contributed by atoms with Gasteiger partial charge in [-0.05, 0) is 59.9 Å². The number of amides is 1. The lowest BCUT2D eigenvalue weighted by atomic mass is 10.1. The van der Waals surface area contributed by atoms with E-state index in [1.807, 2.05) is 31.3 Å². The number of carbonyl (C=O) groups is 1. The minimum atomic E-state index is 0.0575. The number of hydrogen-bond donors (Lipinski definition) is 2. The molecule has 0 spiro atoms. The highest BCUT2D eigenvalue weighted by atomic mass is 35.5. The Morgan fingerprint density at radius 2 is 1.78 bits per heavy atom. The van der Waals surface area contributed by atoms with Crippen molar-refractivity contribution < 1.29 is 14.1 Å². The Labute approximate surface area is 227 Å². The number of rotatable bonds is 11. The fraction of sp³-hybridized carbons (Fsp3) is 0.310. The largest absolute Gasteiger partial charge is 0.497 e. The molecule has 0 aliphatic heterocycles. The molecular formula is C29H33Cl2N4O2+. The van der Waals surface area contributed by atoms with Crippen molar-refractivity contribution in [3.05, 3.63) is 70.0 Å². The summed E-state index contributed by atoms with van der Waals surface area (Å²) in [6, 6.07) is 16.3. The third-order valence-electron chi connectivity index (χ3n) is 6.54. The van der Waals surface area contributed by atoms with E-state index < -0.39 is 0 Å². The van der Waals surface area contributed by atoms with Crippen LogP contribution in [-0.2, 0) is 18.4 Å². The van der Waals surface area contributed by atoms with E-state index in [-0.39, 0.29) is 5.91 Å². The van der Waals surface area contributed by atoms with Gasteiger partial charge < -0.3 is 15.8 Å². The standard InChI is InChI=1S/C29H32Cl2N4O2/c1-34-26-18-24(30)25(31)19-27(26)35(15-5-3-4-6-28(36)33-14-13-32)29(34)12-8-20-7-9-22-17-23(37-2)11-10-21(22)16-20/h7-12,16-19H,3-6,13-15,32H2,1-2H3/p+1/b12-8+. The van der Waals surface area contributed by atoms with Crippen LogP contribution in [-0.4, -0.2) is 30.7 Å². The highest BCUT2D eigenvalue weighted by Gasteiger charge is 2.22. The van der Waals surface area contributed by atoms with Gasteiger partial charge >= 0.3 is 0 Å². The van der Waals surface area contributed by atoms with Gasteiger partial charge in [-0.3, -0.25) is 4.79 Å². The minimum absolute atomic E-state index is 0.0575. The number of carbonyl (C=O) groups excluding carboxylic acids is 1. The van der Waals surface area contributed by atoms with Crippen LogP contribution in [0.15, 0.2) is 48.5 Å². The second-order valence-corrected chi connectivity index (χ2v) is 9.89. The molecule has 8 heteroatoms. The van der Waals surface area contributed by atoms with Gasteiger partial charge in [-0.25, -0.2) is 9.13 Å². The summed E-state index contributed by atoms with van der Waals surface area (Å²) in [6.45, 7) is 1.78. The van der Waals surface area contributed by atoms with Crippen LogP contribution < -0.4 is 20.4 Å². The van der Waals surface area contributed by atoms with E-state index in [1.54, 1.807) is 7.11 Å². The number of aromatic nitrogens is 2. The highest BCUT2D eigenvalue weighted by molar-refractivity contribution is 6.42. The predicted octanol–water partition coefficient (Wildman–Crippen LogP) is 5.74. The van der Waals surface area contributed by atoms with Crippen molar-refractivity contribution >= 4 is 63.1 Å². The Morgan fingerprint density at radius 1 is 1.03 bits per heavy atom. The Balaban J connectivity index is 1.57. The molecule has 0 fully saturated rings. The molecule has 3 N–H and O–H groups in total. The zero-order valence-corrected chi connectivity index (χ0v) is 22.8. The number of imidazole rings is 1. The van der Waals surface area contributed by atoms with Crippen LogP contribution in [0.3, 0.4) is 0 Å². The number of ether oxygens (including phenoxy) is 1. The number of fused-ring (bicyclic) bond motifs is 2. The van der Waals surface area contributed by atoms with Crippen molar-refractivity contribution in [3.8, 4) is 5.75 Å². The van der Waals surface area contributed by atoms with Crippen molar-refractivity contribution in [1.29, 1.82) is 0 Å². The third-order valence-corrected chi connectivity index (χ3v) is 7.26. The van der Waals surface area contributed by atoms with Gasteiger partial charge in [0.05, 0.1) is 30.7 Å². The minimum Gasteiger partial charge on any atom is -0.497 e. The predicted molar refractivity (Wildman–Crippen MR) is 153 cm³/mol. The molecule has 1 aromatic heterocycles. The Hall–Kier alpha value is -3.06. The zero-order valence-electron chi connectivity index (χ0n) is 21.3. The lowest BCUT2D eigenvalue weighted by molar-refractivity contribution is -0.647. The molecule has 1 amide bonds. The SMILES string of the molecule is COc1ccc2cc(/C=C/c3n(CCCCCC(=O)NCCN)c4cc(Cl)c(Cl)cc4[n+]3C)ccc2c1. The molecule has 0 atom stereocenters. The zero-order chi connectivity index (χ0) is 26.4. The van der Waals surface area contributed by atoms with E-state index in [0.29, 0.717) is 29.6 Å². The van der Waals surface area contributed by atoms with Gasteiger partial charge in [0.25, 0.3) is 5.82 Å². The van der Waals surface area contributed by atoms with E-state index in [0.717, 1.165) is 64.8 Å². The number of nitrogens with one attached hydrogen (secondary N) is 1. The summed E-state index contributed by atoms with van der Waals surface area (Å²) in [6.07, 6.45) is 7.49. The van der Waals surface area contributed by atoms with Crippen molar-refractivity contribution in [1.82, 2.24) is 9.88 Å². The lowest BCUT2D eigenvalue weighted by Crippen LogP contribution is -2.31. The average molecular weight is 541 g/mol. The quantitative estimate of drug-likeness (QED) is 0.188. The number of benzene rings is 3. The molecule has 194 valence electrons. The summed E-state index contributed by atoms with van der Waals surface area (Å²) in [5, 5.41) is 6.18. The number of aryl methyl sites for hydroxylation is 2. The van der Waals surface area contributed by atoms with Gasteiger partial charge in [0.2, 0.25) is 5.91 Å². The number of unbranched alkanes of at least 4 members (excludes halogenated alkanes) is 2. The maximum atomic E-state index is 11.9. The number of halogens is 2. The first-order chi connectivity index (χ1) is 17.9. The van der Waals surface area contributed by atoms with Crippen molar-refractivity contribution in [2.75, 3.05) is 20.2 Å². The molecule has 0 unspecified atom stereocenters. The first kappa shape index (κ1) is 27.0. The topological polar surface area (TPSA) is 73.2 Å². The Bertz CT molecular complexity index is 1450. The van der Waals surface area contributed by atoms with E-state index in [4.69, 9.17) is 33.7 Å². The number of methoxy groups -OCH3 is 1. The summed E-state index contributed by atoms with van der Waals surface area (Å²) in [7, 11) is 3.72. The molecular weight excluding hydrogens is 507 g/mol. The Morgan fingerprint density at radius 3 is 2.57 bits per heavy atom. The first-order valence-corrected chi connectivity index (χ1v) is 13.3. The molecule has 0 saturated carbocycles. The molecule has 0 saturated heterocycles. The molecule has 6 nitrogen and oxygen atoms in total. The van der Waals surface area contributed by atoms with Crippen molar-refractivity contribution in [3.63, 3.8) is 0 Å². The molecule has 0 bridgehead atoms. The summed E-state index contributed by atoms with van der Waals surface area (Å²) in [5.41, 5.74) is 8.60. The number of nitrogens with zero attached hydrogens (tertiary/aromatic N) is 2. The maximum absolute atomic E-state index is 11.9. The monoisotopic (exact) mass is 539 g/mol. The van der Waals surface area contributed by atoms with Crippen LogP contribution in [0.2, 0.25) is 10.0 Å².